The number of aryl methyl sites for hydroxylation is 1. The second-order valence-electron chi connectivity index (χ2n) is 3.84. The van der Waals surface area contributed by atoms with Gasteiger partial charge in [-0.05, 0) is 18.6 Å². The zero-order valence-electron chi connectivity index (χ0n) is 10.0. The van der Waals surface area contributed by atoms with Crippen LogP contribution in [0.4, 0.5) is 0 Å². The summed E-state index contributed by atoms with van der Waals surface area (Å²) in [6, 6.07) is 8.57. The molecule has 0 saturated carbocycles. The number of benzene rings is 1. The molecule has 0 spiro atoms. The summed E-state index contributed by atoms with van der Waals surface area (Å²) in [6.07, 6.45) is 0. The molecule has 0 amide bonds. The maximum absolute atomic E-state index is 11.1. The third-order valence-electron chi connectivity index (χ3n) is 2.40. The van der Waals surface area contributed by atoms with Gasteiger partial charge in [-0.2, -0.15) is 0 Å². The Kier molecular flexibility index (Phi) is 3.23. The van der Waals surface area contributed by atoms with Crippen molar-refractivity contribution in [1.82, 2.24) is 10.2 Å². The van der Waals surface area contributed by atoms with Crippen molar-refractivity contribution in [3.8, 4) is 17.4 Å². The summed E-state index contributed by atoms with van der Waals surface area (Å²) in [5, 5.41) is 17.1. The molecule has 0 radical (unpaired) electrons. The maximum atomic E-state index is 11.1. The highest BCUT2D eigenvalue weighted by Crippen LogP contribution is 2.29. The van der Waals surface area contributed by atoms with Crippen LogP contribution in [0.2, 0.25) is 0 Å². The number of aromatic hydroxyl groups is 1. The number of carbonyl (C=O) groups excluding carboxylic acids is 1. The quantitative estimate of drug-likeness (QED) is 0.840. The van der Waals surface area contributed by atoms with Crippen LogP contribution in [0.1, 0.15) is 23.0 Å². The first-order valence-electron chi connectivity index (χ1n) is 5.39. The molecule has 1 aromatic carbocycles. The lowest BCUT2D eigenvalue weighted by Gasteiger charge is -2.08. The lowest BCUT2D eigenvalue weighted by molar-refractivity contribution is 0.101. The largest absolute Gasteiger partial charge is 0.503 e. The fourth-order valence-corrected chi connectivity index (χ4v) is 1.39. The minimum absolute atomic E-state index is 0.0192. The Morgan fingerprint density at radius 3 is 2.61 bits per heavy atom. The molecule has 0 aliphatic heterocycles. The number of para-hydroxylation sites is 1. The molecule has 2 aromatic rings. The van der Waals surface area contributed by atoms with E-state index < -0.39 is 0 Å². The number of aromatic nitrogens is 2. The van der Waals surface area contributed by atoms with E-state index in [2.05, 4.69) is 10.2 Å². The Balaban J connectivity index is 2.30. The summed E-state index contributed by atoms with van der Waals surface area (Å²) in [5.74, 6) is 0.0886. The molecule has 5 heteroatoms. The van der Waals surface area contributed by atoms with Crippen molar-refractivity contribution < 1.29 is 14.6 Å². The number of carbonyl (C=O) groups is 1. The van der Waals surface area contributed by atoms with Gasteiger partial charge < -0.3 is 9.84 Å². The minimum atomic E-state index is -0.264. The van der Waals surface area contributed by atoms with E-state index in [9.17, 15) is 9.90 Å². The molecule has 1 aromatic heterocycles. The first-order valence-corrected chi connectivity index (χ1v) is 5.39. The van der Waals surface area contributed by atoms with E-state index in [0.717, 1.165) is 5.56 Å². The molecule has 0 atom stereocenters. The third-order valence-corrected chi connectivity index (χ3v) is 2.40. The average molecular weight is 244 g/mol. The van der Waals surface area contributed by atoms with Gasteiger partial charge in [0.05, 0.1) is 0 Å². The average Bonchev–Trinajstić information content (AvgIpc) is 2.34. The van der Waals surface area contributed by atoms with Gasteiger partial charge in [0.15, 0.2) is 11.5 Å². The van der Waals surface area contributed by atoms with E-state index >= 15 is 0 Å². The highest BCUT2D eigenvalue weighted by molar-refractivity contribution is 5.92. The molecule has 0 saturated heterocycles. The Labute approximate surface area is 104 Å². The van der Waals surface area contributed by atoms with Gasteiger partial charge in [-0.15, -0.1) is 10.2 Å². The topological polar surface area (TPSA) is 72.3 Å². The number of rotatable bonds is 3. The SMILES string of the molecule is CC(=O)c1cc(O)c(Oc2ccccc2C)nn1. The first kappa shape index (κ1) is 12.0. The molecule has 0 unspecified atom stereocenters. The fourth-order valence-electron chi connectivity index (χ4n) is 1.39. The summed E-state index contributed by atoms with van der Waals surface area (Å²) in [6.45, 7) is 3.23. The maximum Gasteiger partial charge on any atom is 0.281 e. The Bertz CT molecular complexity index is 597. The van der Waals surface area contributed by atoms with Crippen LogP contribution in [-0.2, 0) is 0 Å². The van der Waals surface area contributed by atoms with Crippen LogP contribution in [0.5, 0.6) is 17.4 Å². The Hall–Kier alpha value is -2.43. The molecule has 0 aliphatic rings. The van der Waals surface area contributed by atoms with Crippen LogP contribution in [0, 0.1) is 6.92 Å². The molecule has 5 nitrogen and oxygen atoms in total. The fraction of sp³-hybridized carbons (Fsp3) is 0.154. The van der Waals surface area contributed by atoms with Gasteiger partial charge in [0.25, 0.3) is 5.88 Å². The number of nitrogens with zero attached hydrogens (tertiary/aromatic N) is 2. The lowest BCUT2D eigenvalue weighted by atomic mass is 10.2. The molecule has 0 fully saturated rings. The smallest absolute Gasteiger partial charge is 0.281 e. The van der Waals surface area contributed by atoms with Crippen molar-refractivity contribution >= 4 is 5.78 Å². The van der Waals surface area contributed by atoms with E-state index in [1.165, 1.54) is 13.0 Å². The van der Waals surface area contributed by atoms with Gasteiger partial charge in [-0.3, -0.25) is 4.79 Å². The second-order valence-corrected chi connectivity index (χ2v) is 3.84. The van der Waals surface area contributed by atoms with Crippen molar-refractivity contribution in [2.24, 2.45) is 0 Å². The molecule has 1 heterocycles. The molecular weight excluding hydrogens is 232 g/mol. The molecule has 0 aliphatic carbocycles. The Morgan fingerprint density at radius 2 is 2.00 bits per heavy atom. The van der Waals surface area contributed by atoms with Crippen molar-refractivity contribution in [2.75, 3.05) is 0 Å². The summed E-state index contributed by atoms with van der Waals surface area (Å²) < 4.78 is 5.44. The van der Waals surface area contributed by atoms with Crippen molar-refractivity contribution in [2.45, 2.75) is 13.8 Å². The summed E-state index contributed by atoms with van der Waals surface area (Å²) in [7, 11) is 0. The Morgan fingerprint density at radius 1 is 1.28 bits per heavy atom. The first-order chi connectivity index (χ1) is 8.58. The van der Waals surface area contributed by atoms with Gasteiger partial charge >= 0.3 is 0 Å². The summed E-state index contributed by atoms with van der Waals surface area (Å²) in [4.78, 5) is 11.1. The van der Waals surface area contributed by atoms with Crippen molar-refractivity contribution in [1.29, 1.82) is 0 Å². The number of Topliss-reactive ketones (excluding diaryl/α,β-unsaturated/α-hetero) is 1. The zero-order chi connectivity index (χ0) is 13.1. The molecule has 18 heavy (non-hydrogen) atoms. The van der Waals surface area contributed by atoms with Gasteiger partial charge in [-0.25, -0.2) is 0 Å². The monoisotopic (exact) mass is 244 g/mol. The third kappa shape index (κ3) is 2.45. The van der Waals surface area contributed by atoms with Crippen molar-refractivity contribution in [3.63, 3.8) is 0 Å². The highest BCUT2D eigenvalue weighted by Gasteiger charge is 2.11. The predicted molar refractivity (Wildman–Crippen MR) is 65.0 cm³/mol. The summed E-state index contributed by atoms with van der Waals surface area (Å²) in [5.41, 5.74) is 1.01. The van der Waals surface area contributed by atoms with E-state index in [-0.39, 0.29) is 23.1 Å². The molecule has 92 valence electrons. The van der Waals surface area contributed by atoms with Gasteiger partial charge in [0, 0.05) is 13.0 Å². The predicted octanol–water partition coefficient (Wildman–Crippen LogP) is 2.49. The minimum Gasteiger partial charge on any atom is -0.503 e. The number of ether oxygens (including phenoxy) is 1. The zero-order valence-corrected chi connectivity index (χ0v) is 10.0. The van der Waals surface area contributed by atoms with Crippen LogP contribution >= 0.6 is 0 Å². The number of hydrogen-bond donors (Lipinski definition) is 1. The van der Waals surface area contributed by atoms with Gasteiger partial charge in [0.1, 0.15) is 11.4 Å². The van der Waals surface area contributed by atoms with Crippen LogP contribution < -0.4 is 4.74 Å². The van der Waals surface area contributed by atoms with Gasteiger partial charge in [-0.1, -0.05) is 18.2 Å². The lowest BCUT2D eigenvalue weighted by Crippen LogP contribution is -2.00. The van der Waals surface area contributed by atoms with Crippen LogP contribution in [-0.4, -0.2) is 21.1 Å². The normalized spacial score (nSPS) is 10.1. The summed E-state index contributed by atoms with van der Waals surface area (Å²) >= 11 is 0. The van der Waals surface area contributed by atoms with Crippen molar-refractivity contribution in [3.05, 3.63) is 41.6 Å². The highest BCUT2D eigenvalue weighted by atomic mass is 16.5. The van der Waals surface area contributed by atoms with E-state index in [0.29, 0.717) is 5.75 Å². The molecule has 1 N–H and O–H groups in total. The standard InChI is InChI=1S/C13H12N2O3/c1-8-5-3-4-6-12(8)18-13-11(17)7-10(9(2)16)14-15-13/h3-7H,1-2H3,(H,14,17). The van der Waals surface area contributed by atoms with Crippen LogP contribution in [0.25, 0.3) is 0 Å². The van der Waals surface area contributed by atoms with E-state index in [4.69, 9.17) is 4.74 Å². The van der Waals surface area contributed by atoms with Crippen LogP contribution in [0.3, 0.4) is 0 Å². The molecule has 0 bridgehead atoms. The number of ketones is 1. The van der Waals surface area contributed by atoms with E-state index in [1.807, 2.05) is 25.1 Å². The molecule has 2 rings (SSSR count). The van der Waals surface area contributed by atoms with Gasteiger partial charge in [0.2, 0.25) is 0 Å². The van der Waals surface area contributed by atoms with Crippen LogP contribution in [0.15, 0.2) is 30.3 Å². The molecular formula is C13H12N2O3. The van der Waals surface area contributed by atoms with E-state index in [1.54, 1.807) is 6.07 Å². The number of hydrogen-bond acceptors (Lipinski definition) is 5. The second kappa shape index (κ2) is 4.83.